The molecule has 0 atom stereocenters. The zero-order valence-electron chi connectivity index (χ0n) is 9.21. The monoisotopic (exact) mass is 329 g/mol. The van der Waals surface area contributed by atoms with Gasteiger partial charge in [-0.05, 0) is 53.5 Å². The summed E-state index contributed by atoms with van der Waals surface area (Å²) in [6, 6.07) is 7.71. The van der Waals surface area contributed by atoms with Crippen molar-refractivity contribution in [3.05, 3.63) is 33.4 Å². The van der Waals surface area contributed by atoms with Crippen molar-refractivity contribution >= 4 is 28.5 Å². The van der Waals surface area contributed by atoms with Crippen molar-refractivity contribution in [1.82, 2.24) is 5.32 Å². The largest absolute Gasteiger partial charge is 0.352 e. The minimum Gasteiger partial charge on any atom is -0.352 e. The molecule has 16 heavy (non-hydrogen) atoms. The van der Waals surface area contributed by atoms with Gasteiger partial charge in [0, 0.05) is 10.1 Å². The number of rotatable bonds is 3. The maximum absolute atomic E-state index is 11.9. The van der Waals surface area contributed by atoms with E-state index in [1.54, 1.807) is 0 Å². The summed E-state index contributed by atoms with van der Waals surface area (Å²) in [5, 5.41) is 3.04. The first-order valence-corrected chi connectivity index (χ1v) is 6.88. The summed E-state index contributed by atoms with van der Waals surface area (Å²) in [5.41, 5.74) is 0.793. The highest BCUT2D eigenvalue weighted by molar-refractivity contribution is 14.1. The van der Waals surface area contributed by atoms with Crippen molar-refractivity contribution in [2.45, 2.75) is 25.7 Å². The molecule has 3 heteroatoms. The molecule has 0 spiro atoms. The quantitative estimate of drug-likeness (QED) is 0.848. The van der Waals surface area contributed by atoms with E-state index < -0.39 is 0 Å². The van der Waals surface area contributed by atoms with Crippen LogP contribution in [0, 0.1) is 9.49 Å². The molecule has 0 aliphatic heterocycles. The molecule has 0 bridgehead atoms. The molecule has 0 aromatic heterocycles. The summed E-state index contributed by atoms with van der Waals surface area (Å²) in [6.45, 7) is 0.837. The molecule has 0 unspecified atom stereocenters. The van der Waals surface area contributed by atoms with Crippen LogP contribution in [-0.4, -0.2) is 12.5 Å². The predicted molar refractivity (Wildman–Crippen MR) is 73.5 cm³/mol. The minimum absolute atomic E-state index is 0.0666. The van der Waals surface area contributed by atoms with E-state index in [0.717, 1.165) is 15.7 Å². The zero-order valence-corrected chi connectivity index (χ0v) is 11.4. The Balaban J connectivity index is 1.90. The molecule has 0 saturated heterocycles. The molecule has 2 nitrogen and oxygen atoms in total. The van der Waals surface area contributed by atoms with Gasteiger partial charge in [-0.15, -0.1) is 0 Å². The van der Waals surface area contributed by atoms with Crippen LogP contribution in [0.5, 0.6) is 0 Å². The van der Waals surface area contributed by atoms with Gasteiger partial charge in [-0.25, -0.2) is 0 Å². The Morgan fingerprint density at radius 2 is 2.00 bits per heavy atom. The lowest BCUT2D eigenvalue weighted by atomic mass is 10.1. The van der Waals surface area contributed by atoms with Gasteiger partial charge in [0.05, 0.1) is 5.56 Å². The second-order valence-corrected chi connectivity index (χ2v) is 5.50. The number of carbonyl (C=O) groups excluding carboxylic acids is 1. The molecule has 1 fully saturated rings. The molecule has 1 aliphatic rings. The Kier molecular flexibility index (Phi) is 4.21. The number of carbonyl (C=O) groups is 1. The van der Waals surface area contributed by atoms with Crippen molar-refractivity contribution in [3.63, 3.8) is 0 Å². The lowest BCUT2D eigenvalue weighted by Gasteiger charge is -2.11. The van der Waals surface area contributed by atoms with Crippen LogP contribution in [0.15, 0.2) is 24.3 Å². The van der Waals surface area contributed by atoms with Gasteiger partial charge in [-0.3, -0.25) is 4.79 Å². The Labute approximate surface area is 110 Å². The van der Waals surface area contributed by atoms with Gasteiger partial charge in [-0.1, -0.05) is 25.0 Å². The summed E-state index contributed by atoms with van der Waals surface area (Å²) in [6.07, 6.45) is 5.19. The summed E-state index contributed by atoms with van der Waals surface area (Å²) in [7, 11) is 0. The van der Waals surface area contributed by atoms with Crippen LogP contribution in [0.1, 0.15) is 36.0 Å². The minimum atomic E-state index is 0.0666. The maximum atomic E-state index is 11.9. The van der Waals surface area contributed by atoms with Gasteiger partial charge in [0.2, 0.25) is 0 Å². The first-order chi connectivity index (χ1) is 7.77. The molecule has 1 saturated carbocycles. The van der Waals surface area contributed by atoms with Crippen molar-refractivity contribution in [2.75, 3.05) is 6.54 Å². The van der Waals surface area contributed by atoms with Crippen LogP contribution in [0.4, 0.5) is 0 Å². The molecule has 2 rings (SSSR count). The summed E-state index contributed by atoms with van der Waals surface area (Å²) in [5.74, 6) is 0.766. The fourth-order valence-corrected chi connectivity index (χ4v) is 2.82. The molecule has 0 radical (unpaired) electrons. The second-order valence-electron chi connectivity index (χ2n) is 4.34. The smallest absolute Gasteiger partial charge is 0.252 e. The summed E-state index contributed by atoms with van der Waals surface area (Å²) < 4.78 is 1.02. The first-order valence-electron chi connectivity index (χ1n) is 5.80. The van der Waals surface area contributed by atoms with Gasteiger partial charge in [0.1, 0.15) is 0 Å². The molecule has 1 aromatic rings. The maximum Gasteiger partial charge on any atom is 0.252 e. The van der Waals surface area contributed by atoms with Crippen LogP contribution in [0.25, 0.3) is 0 Å². The Bertz CT molecular complexity index is 372. The number of nitrogens with one attached hydrogen (secondary N) is 1. The van der Waals surface area contributed by atoms with Crippen molar-refractivity contribution in [3.8, 4) is 0 Å². The number of amides is 1. The van der Waals surface area contributed by atoms with Crippen LogP contribution >= 0.6 is 22.6 Å². The molecule has 1 N–H and O–H groups in total. The van der Waals surface area contributed by atoms with Gasteiger partial charge >= 0.3 is 0 Å². The van der Waals surface area contributed by atoms with Crippen LogP contribution in [-0.2, 0) is 0 Å². The summed E-state index contributed by atoms with van der Waals surface area (Å²) >= 11 is 2.20. The Morgan fingerprint density at radius 1 is 1.31 bits per heavy atom. The van der Waals surface area contributed by atoms with Crippen molar-refractivity contribution in [1.29, 1.82) is 0 Å². The third-order valence-corrected chi connectivity index (χ3v) is 4.09. The average Bonchev–Trinajstić information content (AvgIpc) is 2.79. The molecule has 1 aromatic carbocycles. The van der Waals surface area contributed by atoms with Crippen LogP contribution in [0.3, 0.4) is 0 Å². The number of hydrogen-bond acceptors (Lipinski definition) is 1. The Hall–Kier alpha value is -0.580. The normalized spacial score (nSPS) is 16.3. The fourth-order valence-electron chi connectivity index (χ4n) is 2.19. The van der Waals surface area contributed by atoms with Gasteiger partial charge in [0.25, 0.3) is 5.91 Å². The highest BCUT2D eigenvalue weighted by Crippen LogP contribution is 2.23. The molecular weight excluding hydrogens is 313 g/mol. The van der Waals surface area contributed by atoms with Crippen LogP contribution < -0.4 is 5.32 Å². The van der Waals surface area contributed by atoms with E-state index in [1.165, 1.54) is 25.7 Å². The van der Waals surface area contributed by atoms with Crippen molar-refractivity contribution < 1.29 is 4.79 Å². The van der Waals surface area contributed by atoms with E-state index in [0.29, 0.717) is 5.92 Å². The van der Waals surface area contributed by atoms with E-state index in [4.69, 9.17) is 0 Å². The first kappa shape index (κ1) is 11.9. The lowest BCUT2D eigenvalue weighted by molar-refractivity contribution is 0.0946. The molecule has 1 aliphatic carbocycles. The number of hydrogen-bond donors (Lipinski definition) is 1. The predicted octanol–water partition coefficient (Wildman–Crippen LogP) is 3.21. The third-order valence-electron chi connectivity index (χ3n) is 3.14. The van der Waals surface area contributed by atoms with E-state index in [9.17, 15) is 4.79 Å². The van der Waals surface area contributed by atoms with E-state index in [1.807, 2.05) is 24.3 Å². The third kappa shape index (κ3) is 2.97. The lowest BCUT2D eigenvalue weighted by Crippen LogP contribution is -2.28. The molecule has 0 heterocycles. The average molecular weight is 329 g/mol. The van der Waals surface area contributed by atoms with Gasteiger partial charge < -0.3 is 5.32 Å². The van der Waals surface area contributed by atoms with Gasteiger partial charge in [-0.2, -0.15) is 0 Å². The number of benzene rings is 1. The second kappa shape index (κ2) is 5.66. The van der Waals surface area contributed by atoms with Gasteiger partial charge in [0.15, 0.2) is 0 Å². The van der Waals surface area contributed by atoms with E-state index >= 15 is 0 Å². The SMILES string of the molecule is O=C(NCC1CCCC1)c1ccccc1I. The van der Waals surface area contributed by atoms with E-state index in [2.05, 4.69) is 27.9 Å². The highest BCUT2D eigenvalue weighted by Gasteiger charge is 2.16. The topological polar surface area (TPSA) is 29.1 Å². The Morgan fingerprint density at radius 3 is 2.69 bits per heavy atom. The fraction of sp³-hybridized carbons (Fsp3) is 0.462. The standard InChI is InChI=1S/C13H16INO/c14-12-8-4-3-7-11(12)13(16)15-9-10-5-1-2-6-10/h3-4,7-8,10H,1-2,5-6,9H2,(H,15,16). The van der Waals surface area contributed by atoms with Crippen molar-refractivity contribution in [2.24, 2.45) is 5.92 Å². The molecule has 1 amide bonds. The molecular formula is C13H16INO. The number of halogens is 1. The van der Waals surface area contributed by atoms with Crippen LogP contribution in [0.2, 0.25) is 0 Å². The molecule has 86 valence electrons. The van der Waals surface area contributed by atoms with E-state index in [-0.39, 0.29) is 5.91 Å². The highest BCUT2D eigenvalue weighted by atomic mass is 127. The zero-order chi connectivity index (χ0) is 11.4. The summed E-state index contributed by atoms with van der Waals surface area (Å²) in [4.78, 5) is 11.9.